The molecule has 0 radical (unpaired) electrons. The Morgan fingerprint density at radius 2 is 2.26 bits per heavy atom. The average molecular weight is 299 g/mol. The number of ether oxygens (including phenoxy) is 1. The second-order valence-electron chi connectivity index (χ2n) is 4.00. The van der Waals surface area contributed by atoms with Crippen LogP contribution >= 0.6 is 23.8 Å². The van der Waals surface area contributed by atoms with E-state index in [0.717, 1.165) is 5.69 Å². The van der Waals surface area contributed by atoms with Crippen molar-refractivity contribution < 1.29 is 9.13 Å². The van der Waals surface area contributed by atoms with Gasteiger partial charge in [-0.3, -0.25) is 0 Å². The molecule has 100 valence electrons. The zero-order chi connectivity index (χ0) is 13.8. The molecule has 1 heterocycles. The van der Waals surface area contributed by atoms with Gasteiger partial charge in [-0.25, -0.2) is 9.37 Å². The highest BCUT2D eigenvalue weighted by atomic mass is 35.5. The maximum atomic E-state index is 13.7. The van der Waals surface area contributed by atoms with Gasteiger partial charge in [0, 0.05) is 29.8 Å². The smallest absolute Gasteiger partial charge is 0.130 e. The minimum Gasteiger partial charge on any atom is -0.378 e. The van der Waals surface area contributed by atoms with Gasteiger partial charge in [-0.15, -0.1) is 0 Å². The van der Waals surface area contributed by atoms with Gasteiger partial charge in [0.2, 0.25) is 0 Å². The fourth-order valence-electron chi connectivity index (χ4n) is 1.75. The van der Waals surface area contributed by atoms with Crippen LogP contribution in [-0.4, -0.2) is 17.1 Å². The molecule has 1 aromatic heterocycles. The van der Waals surface area contributed by atoms with Crippen molar-refractivity contribution in [2.24, 2.45) is 0 Å². The highest BCUT2D eigenvalue weighted by Gasteiger charge is 2.09. The molecule has 6 heteroatoms. The molecule has 2 aromatic rings. The molecular formula is C13H12ClFN2OS. The summed E-state index contributed by atoms with van der Waals surface area (Å²) in [4.78, 5) is 7.23. The Hall–Kier alpha value is -1.30. The molecule has 0 atom stereocenters. The third-order valence-electron chi connectivity index (χ3n) is 2.55. The summed E-state index contributed by atoms with van der Waals surface area (Å²) in [6.07, 6.45) is 0.257. The van der Waals surface area contributed by atoms with E-state index in [0.29, 0.717) is 27.7 Å². The van der Waals surface area contributed by atoms with E-state index in [-0.39, 0.29) is 12.2 Å². The molecule has 0 aliphatic heterocycles. The van der Waals surface area contributed by atoms with Crippen LogP contribution in [0.4, 0.5) is 4.39 Å². The lowest BCUT2D eigenvalue weighted by Gasteiger charge is -2.07. The first-order chi connectivity index (χ1) is 9.10. The first-order valence-electron chi connectivity index (χ1n) is 5.61. The average Bonchev–Trinajstić information content (AvgIpc) is 2.34. The number of methoxy groups -OCH3 is 1. The molecule has 2 rings (SSSR count). The second-order valence-corrected chi connectivity index (χ2v) is 4.83. The fourth-order valence-corrected chi connectivity index (χ4v) is 2.23. The van der Waals surface area contributed by atoms with Crippen molar-refractivity contribution in [1.82, 2.24) is 9.97 Å². The standard InChI is InChI=1S/C13H12ClFN2OS/c1-18-7-8-5-13(19)17-12(16-8)6-9-10(14)3-2-4-11(9)15/h2-5H,6-7H2,1H3,(H,16,17,19). The Kier molecular flexibility index (Phi) is 4.63. The number of rotatable bonds is 4. The first-order valence-corrected chi connectivity index (χ1v) is 6.39. The van der Waals surface area contributed by atoms with E-state index < -0.39 is 0 Å². The summed E-state index contributed by atoms with van der Waals surface area (Å²) in [5.41, 5.74) is 1.20. The number of halogens is 2. The summed E-state index contributed by atoms with van der Waals surface area (Å²) >= 11 is 11.1. The molecule has 0 bridgehead atoms. The van der Waals surface area contributed by atoms with Crippen molar-refractivity contribution in [3.63, 3.8) is 0 Å². The monoisotopic (exact) mass is 298 g/mol. The van der Waals surface area contributed by atoms with Crippen molar-refractivity contribution in [2.75, 3.05) is 7.11 Å². The SMILES string of the molecule is COCc1cc(=S)nc(Cc2c(F)cccc2Cl)[nH]1. The van der Waals surface area contributed by atoms with E-state index in [1.807, 2.05) is 0 Å². The molecule has 0 fully saturated rings. The molecule has 1 N–H and O–H groups in total. The Morgan fingerprint density at radius 3 is 2.95 bits per heavy atom. The summed E-state index contributed by atoms with van der Waals surface area (Å²) in [6, 6.07) is 6.30. The van der Waals surface area contributed by atoms with Crippen LogP contribution in [0.25, 0.3) is 0 Å². The van der Waals surface area contributed by atoms with Gasteiger partial charge in [0.1, 0.15) is 16.3 Å². The van der Waals surface area contributed by atoms with Crippen molar-refractivity contribution >= 4 is 23.8 Å². The van der Waals surface area contributed by atoms with Gasteiger partial charge in [0.25, 0.3) is 0 Å². The Balaban J connectivity index is 2.35. The number of nitrogens with zero attached hydrogens (tertiary/aromatic N) is 1. The Morgan fingerprint density at radius 1 is 1.47 bits per heavy atom. The van der Waals surface area contributed by atoms with Crippen LogP contribution in [0.15, 0.2) is 24.3 Å². The number of aromatic nitrogens is 2. The van der Waals surface area contributed by atoms with E-state index in [4.69, 9.17) is 28.6 Å². The normalized spacial score (nSPS) is 10.7. The van der Waals surface area contributed by atoms with Gasteiger partial charge >= 0.3 is 0 Å². The van der Waals surface area contributed by atoms with Crippen LogP contribution < -0.4 is 0 Å². The third kappa shape index (κ3) is 3.59. The van der Waals surface area contributed by atoms with Crippen LogP contribution in [0.3, 0.4) is 0 Å². The van der Waals surface area contributed by atoms with Crippen LogP contribution in [-0.2, 0) is 17.8 Å². The lowest BCUT2D eigenvalue weighted by molar-refractivity contribution is 0.181. The highest BCUT2D eigenvalue weighted by Crippen LogP contribution is 2.21. The number of aromatic amines is 1. The number of hydrogen-bond acceptors (Lipinski definition) is 3. The summed E-state index contributed by atoms with van der Waals surface area (Å²) in [6.45, 7) is 0.393. The van der Waals surface area contributed by atoms with Gasteiger partial charge in [-0.05, 0) is 18.2 Å². The molecular weight excluding hydrogens is 287 g/mol. The molecule has 19 heavy (non-hydrogen) atoms. The number of hydrogen-bond donors (Lipinski definition) is 1. The quantitative estimate of drug-likeness (QED) is 0.875. The molecule has 0 unspecified atom stereocenters. The minimum atomic E-state index is -0.356. The van der Waals surface area contributed by atoms with Gasteiger partial charge in [-0.1, -0.05) is 29.9 Å². The third-order valence-corrected chi connectivity index (χ3v) is 3.12. The second kappa shape index (κ2) is 6.23. The predicted molar refractivity (Wildman–Crippen MR) is 74.4 cm³/mol. The summed E-state index contributed by atoms with van der Waals surface area (Å²) in [5, 5.41) is 0.373. The highest BCUT2D eigenvalue weighted by molar-refractivity contribution is 7.71. The van der Waals surface area contributed by atoms with E-state index in [1.54, 1.807) is 25.3 Å². The van der Waals surface area contributed by atoms with Gasteiger partial charge in [-0.2, -0.15) is 0 Å². The summed E-state index contributed by atoms with van der Waals surface area (Å²) in [5.74, 6) is 0.206. The first kappa shape index (κ1) is 14.1. The topological polar surface area (TPSA) is 37.9 Å². The summed E-state index contributed by atoms with van der Waals surface area (Å²) < 4.78 is 19.2. The van der Waals surface area contributed by atoms with Crippen molar-refractivity contribution in [3.8, 4) is 0 Å². The van der Waals surface area contributed by atoms with Gasteiger partial charge < -0.3 is 9.72 Å². The number of H-pyrrole nitrogens is 1. The molecule has 0 saturated carbocycles. The van der Waals surface area contributed by atoms with Crippen LogP contribution in [0, 0.1) is 10.5 Å². The molecule has 0 saturated heterocycles. The maximum absolute atomic E-state index is 13.7. The van der Waals surface area contributed by atoms with E-state index >= 15 is 0 Å². The van der Waals surface area contributed by atoms with Gasteiger partial charge in [0.15, 0.2) is 0 Å². The van der Waals surface area contributed by atoms with E-state index in [2.05, 4.69) is 9.97 Å². The van der Waals surface area contributed by atoms with Crippen molar-refractivity contribution in [2.45, 2.75) is 13.0 Å². The Labute approximate surface area is 120 Å². The molecule has 0 amide bonds. The lowest BCUT2D eigenvalue weighted by atomic mass is 10.1. The lowest BCUT2D eigenvalue weighted by Crippen LogP contribution is -2.03. The van der Waals surface area contributed by atoms with Crippen molar-refractivity contribution in [3.05, 3.63) is 56.8 Å². The van der Waals surface area contributed by atoms with E-state index in [9.17, 15) is 4.39 Å². The molecule has 0 aliphatic carbocycles. The zero-order valence-corrected chi connectivity index (χ0v) is 11.8. The number of benzene rings is 1. The number of nitrogens with one attached hydrogen (secondary N) is 1. The van der Waals surface area contributed by atoms with E-state index in [1.165, 1.54) is 6.07 Å². The summed E-state index contributed by atoms with van der Waals surface area (Å²) in [7, 11) is 1.59. The van der Waals surface area contributed by atoms with Crippen LogP contribution in [0.2, 0.25) is 5.02 Å². The molecule has 0 aliphatic rings. The van der Waals surface area contributed by atoms with Crippen LogP contribution in [0.5, 0.6) is 0 Å². The van der Waals surface area contributed by atoms with Gasteiger partial charge in [0.05, 0.1) is 6.61 Å². The fraction of sp³-hybridized carbons (Fsp3) is 0.231. The van der Waals surface area contributed by atoms with Crippen molar-refractivity contribution in [1.29, 1.82) is 0 Å². The predicted octanol–water partition coefficient (Wildman–Crippen LogP) is 3.67. The molecule has 1 aromatic carbocycles. The van der Waals surface area contributed by atoms with Crippen LogP contribution in [0.1, 0.15) is 17.1 Å². The maximum Gasteiger partial charge on any atom is 0.130 e. The zero-order valence-electron chi connectivity index (χ0n) is 10.2. The molecule has 0 spiro atoms. The molecule has 3 nitrogen and oxygen atoms in total. The minimum absolute atomic E-state index is 0.257. The largest absolute Gasteiger partial charge is 0.378 e. The Bertz CT molecular complexity index is 625.